The number of hydrogen-bond donors (Lipinski definition) is 1. The number of rotatable bonds is 4. The number of ether oxygens (including phenoxy) is 2. The third-order valence-electron chi connectivity index (χ3n) is 3.65. The van der Waals surface area contributed by atoms with Crippen LogP contribution in [0.25, 0.3) is 0 Å². The highest BCUT2D eigenvalue weighted by atomic mass is 19.1. The molecular formula is C17H20FNO2. The number of benzene rings is 2. The van der Waals surface area contributed by atoms with Crippen molar-refractivity contribution in [2.75, 3.05) is 14.2 Å². The van der Waals surface area contributed by atoms with Gasteiger partial charge in [-0.25, -0.2) is 4.39 Å². The van der Waals surface area contributed by atoms with Gasteiger partial charge in [0.05, 0.1) is 20.3 Å². The minimum Gasteiger partial charge on any atom is -0.496 e. The van der Waals surface area contributed by atoms with Gasteiger partial charge in [-0.3, -0.25) is 0 Å². The topological polar surface area (TPSA) is 44.5 Å². The van der Waals surface area contributed by atoms with E-state index in [0.717, 1.165) is 28.0 Å². The molecule has 0 spiro atoms. The molecule has 2 N–H and O–H groups in total. The van der Waals surface area contributed by atoms with Crippen molar-refractivity contribution >= 4 is 0 Å². The summed E-state index contributed by atoms with van der Waals surface area (Å²) in [4.78, 5) is 0. The van der Waals surface area contributed by atoms with Crippen LogP contribution in [0.1, 0.15) is 28.3 Å². The molecule has 2 rings (SSSR count). The van der Waals surface area contributed by atoms with Crippen molar-refractivity contribution in [3.05, 3.63) is 58.4 Å². The predicted octanol–water partition coefficient (Wildman–Crippen LogP) is 3.51. The van der Waals surface area contributed by atoms with Gasteiger partial charge in [-0.1, -0.05) is 12.1 Å². The lowest BCUT2D eigenvalue weighted by Crippen LogP contribution is -2.14. The molecule has 4 heteroatoms. The predicted molar refractivity (Wildman–Crippen MR) is 81.5 cm³/mol. The molecule has 0 saturated heterocycles. The van der Waals surface area contributed by atoms with Crippen LogP contribution in [-0.4, -0.2) is 14.2 Å². The van der Waals surface area contributed by atoms with E-state index in [1.54, 1.807) is 19.2 Å². The van der Waals surface area contributed by atoms with E-state index in [-0.39, 0.29) is 11.8 Å². The molecule has 1 atom stereocenters. The SMILES string of the molecule is COc1cc(C)c(C(N)c2ccc(F)c(OC)c2)cc1C. The van der Waals surface area contributed by atoms with Crippen molar-refractivity contribution in [1.82, 2.24) is 0 Å². The maximum atomic E-state index is 13.5. The second-order valence-corrected chi connectivity index (χ2v) is 5.05. The number of halogens is 1. The summed E-state index contributed by atoms with van der Waals surface area (Å²) < 4.78 is 23.8. The van der Waals surface area contributed by atoms with Crippen molar-refractivity contribution in [3.63, 3.8) is 0 Å². The van der Waals surface area contributed by atoms with Gasteiger partial charge in [-0.05, 0) is 54.3 Å². The number of hydrogen-bond acceptors (Lipinski definition) is 3. The van der Waals surface area contributed by atoms with E-state index in [4.69, 9.17) is 15.2 Å². The van der Waals surface area contributed by atoms with Gasteiger partial charge in [-0.15, -0.1) is 0 Å². The van der Waals surface area contributed by atoms with E-state index in [1.807, 2.05) is 26.0 Å². The minimum atomic E-state index is -0.393. The Kier molecular flexibility index (Phi) is 4.48. The Morgan fingerprint density at radius 3 is 2.24 bits per heavy atom. The molecule has 2 aromatic rings. The Labute approximate surface area is 124 Å². The maximum absolute atomic E-state index is 13.5. The molecule has 1 unspecified atom stereocenters. The van der Waals surface area contributed by atoms with Gasteiger partial charge in [0, 0.05) is 0 Å². The Hall–Kier alpha value is -2.07. The van der Waals surface area contributed by atoms with Crippen LogP contribution in [0.2, 0.25) is 0 Å². The second-order valence-electron chi connectivity index (χ2n) is 5.05. The zero-order valence-corrected chi connectivity index (χ0v) is 12.7. The average Bonchev–Trinajstić information content (AvgIpc) is 2.49. The fourth-order valence-corrected chi connectivity index (χ4v) is 2.42. The minimum absolute atomic E-state index is 0.200. The lowest BCUT2D eigenvalue weighted by Gasteiger charge is -2.18. The van der Waals surface area contributed by atoms with Crippen LogP contribution in [0.15, 0.2) is 30.3 Å². The summed E-state index contributed by atoms with van der Waals surface area (Å²) in [7, 11) is 3.09. The number of aryl methyl sites for hydroxylation is 2. The Morgan fingerprint density at radius 2 is 1.62 bits per heavy atom. The zero-order valence-electron chi connectivity index (χ0n) is 12.7. The summed E-state index contributed by atoms with van der Waals surface area (Å²) in [5.41, 5.74) is 10.2. The van der Waals surface area contributed by atoms with Crippen LogP contribution in [0.5, 0.6) is 11.5 Å². The fourth-order valence-electron chi connectivity index (χ4n) is 2.42. The molecule has 0 bridgehead atoms. The van der Waals surface area contributed by atoms with Gasteiger partial charge >= 0.3 is 0 Å². The van der Waals surface area contributed by atoms with Crippen LogP contribution < -0.4 is 15.2 Å². The molecular weight excluding hydrogens is 269 g/mol. The average molecular weight is 289 g/mol. The van der Waals surface area contributed by atoms with E-state index in [2.05, 4.69) is 0 Å². The third kappa shape index (κ3) is 3.00. The maximum Gasteiger partial charge on any atom is 0.165 e. The quantitative estimate of drug-likeness (QED) is 0.936. The first-order valence-electron chi connectivity index (χ1n) is 6.72. The van der Waals surface area contributed by atoms with Crippen LogP contribution in [0.4, 0.5) is 4.39 Å². The number of methoxy groups -OCH3 is 2. The molecule has 3 nitrogen and oxygen atoms in total. The molecule has 112 valence electrons. The summed E-state index contributed by atoms with van der Waals surface area (Å²) in [6.07, 6.45) is 0. The van der Waals surface area contributed by atoms with Gasteiger partial charge in [-0.2, -0.15) is 0 Å². The van der Waals surface area contributed by atoms with E-state index >= 15 is 0 Å². The van der Waals surface area contributed by atoms with Gasteiger partial charge in [0.15, 0.2) is 11.6 Å². The van der Waals surface area contributed by atoms with Gasteiger partial charge in [0.25, 0.3) is 0 Å². The monoisotopic (exact) mass is 289 g/mol. The number of nitrogens with two attached hydrogens (primary N) is 1. The molecule has 0 aliphatic heterocycles. The van der Waals surface area contributed by atoms with Crippen LogP contribution in [0.3, 0.4) is 0 Å². The fraction of sp³-hybridized carbons (Fsp3) is 0.294. The van der Waals surface area contributed by atoms with Crippen molar-refractivity contribution < 1.29 is 13.9 Å². The molecule has 0 saturated carbocycles. The van der Waals surface area contributed by atoms with E-state index in [0.29, 0.717) is 0 Å². The standard InChI is InChI=1S/C17H20FNO2/c1-10-8-15(20-3)11(2)7-13(10)17(19)12-5-6-14(18)16(9-12)21-4/h5-9,17H,19H2,1-4H3. The summed E-state index contributed by atoms with van der Waals surface area (Å²) in [6.45, 7) is 3.96. The highest BCUT2D eigenvalue weighted by Crippen LogP contribution is 2.30. The van der Waals surface area contributed by atoms with E-state index in [9.17, 15) is 4.39 Å². The van der Waals surface area contributed by atoms with Crippen molar-refractivity contribution in [3.8, 4) is 11.5 Å². The van der Waals surface area contributed by atoms with Crippen LogP contribution >= 0.6 is 0 Å². The highest BCUT2D eigenvalue weighted by molar-refractivity contribution is 5.46. The molecule has 0 aromatic heterocycles. The van der Waals surface area contributed by atoms with Crippen LogP contribution in [-0.2, 0) is 0 Å². The van der Waals surface area contributed by atoms with Crippen molar-refractivity contribution in [2.45, 2.75) is 19.9 Å². The lowest BCUT2D eigenvalue weighted by molar-refractivity contribution is 0.385. The van der Waals surface area contributed by atoms with E-state index in [1.165, 1.54) is 13.2 Å². The van der Waals surface area contributed by atoms with Crippen molar-refractivity contribution in [1.29, 1.82) is 0 Å². The first kappa shape index (κ1) is 15.3. The molecule has 21 heavy (non-hydrogen) atoms. The Bertz CT molecular complexity index is 655. The highest BCUT2D eigenvalue weighted by Gasteiger charge is 2.15. The summed E-state index contributed by atoms with van der Waals surface area (Å²) >= 11 is 0. The lowest BCUT2D eigenvalue weighted by atomic mass is 9.93. The normalized spacial score (nSPS) is 12.1. The first-order chi connectivity index (χ1) is 9.97. The largest absolute Gasteiger partial charge is 0.496 e. The summed E-state index contributed by atoms with van der Waals surface area (Å²) in [5, 5.41) is 0. The zero-order chi connectivity index (χ0) is 15.6. The molecule has 0 radical (unpaired) electrons. The third-order valence-corrected chi connectivity index (χ3v) is 3.65. The Balaban J connectivity index is 2.44. The first-order valence-corrected chi connectivity index (χ1v) is 6.72. The second kappa shape index (κ2) is 6.14. The van der Waals surface area contributed by atoms with Gasteiger partial charge in [0.1, 0.15) is 5.75 Å². The van der Waals surface area contributed by atoms with Crippen LogP contribution in [0, 0.1) is 19.7 Å². The van der Waals surface area contributed by atoms with Crippen molar-refractivity contribution in [2.24, 2.45) is 5.73 Å². The Morgan fingerprint density at radius 1 is 0.952 bits per heavy atom. The molecule has 2 aromatic carbocycles. The molecule has 0 amide bonds. The molecule has 0 aliphatic carbocycles. The smallest absolute Gasteiger partial charge is 0.165 e. The summed E-state index contributed by atoms with van der Waals surface area (Å²) in [6, 6.07) is 8.32. The van der Waals surface area contributed by atoms with E-state index < -0.39 is 5.82 Å². The molecule has 0 heterocycles. The summed E-state index contributed by atoms with van der Waals surface area (Å²) in [5.74, 6) is 0.641. The molecule has 0 fully saturated rings. The van der Waals surface area contributed by atoms with Gasteiger partial charge in [0.2, 0.25) is 0 Å². The van der Waals surface area contributed by atoms with Gasteiger partial charge < -0.3 is 15.2 Å². The molecule has 0 aliphatic rings.